The van der Waals surface area contributed by atoms with Crippen LogP contribution >= 0.6 is 11.3 Å². The fourth-order valence-electron chi connectivity index (χ4n) is 1.64. The number of hydrogen-bond donors (Lipinski definition) is 1. The van der Waals surface area contributed by atoms with Crippen LogP contribution in [0.25, 0.3) is 0 Å². The summed E-state index contributed by atoms with van der Waals surface area (Å²) in [5.74, 6) is 0.731. The Bertz CT molecular complexity index is 542. The van der Waals surface area contributed by atoms with Gasteiger partial charge >= 0.3 is 6.18 Å². The summed E-state index contributed by atoms with van der Waals surface area (Å²) in [6.45, 7) is 4.12. The van der Waals surface area contributed by atoms with Crippen molar-refractivity contribution in [3.63, 3.8) is 0 Å². The summed E-state index contributed by atoms with van der Waals surface area (Å²) in [5, 5.41) is 6.94. The van der Waals surface area contributed by atoms with Gasteiger partial charge in [0.05, 0.1) is 11.9 Å². The Hall–Kier alpha value is -1.57. The van der Waals surface area contributed by atoms with Gasteiger partial charge in [0.25, 0.3) is 0 Å². The van der Waals surface area contributed by atoms with Gasteiger partial charge in [0.1, 0.15) is 10.6 Å². The van der Waals surface area contributed by atoms with Crippen molar-refractivity contribution in [1.82, 2.24) is 10.1 Å². The van der Waals surface area contributed by atoms with Gasteiger partial charge in [-0.3, -0.25) is 0 Å². The standard InChI is InChI=1S/C11H12F3N3OS/c1-6-8(7(2)18-17-6)3-4-15-10-16-5-9(19-10)11(12,13)14/h5H,3-4H2,1-2H3,(H,15,16). The summed E-state index contributed by atoms with van der Waals surface area (Å²) >= 11 is 0.599. The molecule has 0 aliphatic rings. The van der Waals surface area contributed by atoms with Crippen molar-refractivity contribution < 1.29 is 17.7 Å². The molecule has 0 saturated carbocycles. The van der Waals surface area contributed by atoms with Gasteiger partial charge in [-0.15, -0.1) is 0 Å². The quantitative estimate of drug-likeness (QED) is 0.937. The molecule has 2 aromatic rings. The van der Waals surface area contributed by atoms with Crippen LogP contribution in [0.4, 0.5) is 18.3 Å². The average molecular weight is 291 g/mol. The Balaban J connectivity index is 1.91. The van der Waals surface area contributed by atoms with E-state index in [0.717, 1.165) is 23.2 Å². The second-order valence-electron chi connectivity index (χ2n) is 4.01. The van der Waals surface area contributed by atoms with Crippen LogP contribution < -0.4 is 5.32 Å². The van der Waals surface area contributed by atoms with Crippen molar-refractivity contribution in [2.75, 3.05) is 11.9 Å². The third-order valence-corrected chi connectivity index (χ3v) is 3.62. The van der Waals surface area contributed by atoms with Gasteiger partial charge < -0.3 is 9.84 Å². The molecule has 2 aromatic heterocycles. The maximum Gasteiger partial charge on any atom is 0.427 e. The number of rotatable bonds is 4. The molecule has 0 aliphatic carbocycles. The zero-order chi connectivity index (χ0) is 14.0. The van der Waals surface area contributed by atoms with E-state index in [4.69, 9.17) is 4.52 Å². The molecule has 2 rings (SSSR count). The van der Waals surface area contributed by atoms with E-state index in [-0.39, 0.29) is 5.13 Å². The highest BCUT2D eigenvalue weighted by molar-refractivity contribution is 7.15. The molecule has 104 valence electrons. The van der Waals surface area contributed by atoms with Gasteiger partial charge in [-0.1, -0.05) is 16.5 Å². The second kappa shape index (κ2) is 5.20. The summed E-state index contributed by atoms with van der Waals surface area (Å²) in [4.78, 5) is 2.99. The molecule has 1 N–H and O–H groups in total. The molecule has 2 heterocycles. The van der Waals surface area contributed by atoms with Crippen molar-refractivity contribution in [3.8, 4) is 0 Å². The van der Waals surface area contributed by atoms with Gasteiger partial charge in [-0.2, -0.15) is 13.2 Å². The molecule has 8 heteroatoms. The van der Waals surface area contributed by atoms with E-state index in [1.165, 1.54) is 0 Å². The number of alkyl halides is 3. The number of aryl methyl sites for hydroxylation is 2. The number of anilines is 1. The first-order valence-electron chi connectivity index (χ1n) is 5.56. The molecular formula is C11H12F3N3OS. The first kappa shape index (κ1) is 13.9. The molecule has 0 spiro atoms. The Kier molecular flexibility index (Phi) is 3.79. The monoisotopic (exact) mass is 291 g/mol. The number of thiazole rings is 1. The SMILES string of the molecule is Cc1noc(C)c1CCNc1ncc(C(F)(F)F)s1. The van der Waals surface area contributed by atoms with Crippen LogP contribution in [0.2, 0.25) is 0 Å². The first-order chi connectivity index (χ1) is 8.88. The number of aromatic nitrogens is 2. The fourth-order valence-corrected chi connectivity index (χ4v) is 2.35. The number of halogens is 3. The molecule has 0 amide bonds. The third kappa shape index (κ3) is 3.25. The first-order valence-corrected chi connectivity index (χ1v) is 6.38. The molecule has 4 nitrogen and oxygen atoms in total. The summed E-state index contributed by atoms with van der Waals surface area (Å²) < 4.78 is 42.1. The molecule has 0 radical (unpaired) electrons. The van der Waals surface area contributed by atoms with Crippen LogP contribution in [0.5, 0.6) is 0 Å². The average Bonchev–Trinajstić information content (AvgIpc) is 2.90. The smallest absolute Gasteiger partial charge is 0.361 e. The van der Waals surface area contributed by atoms with E-state index in [1.54, 1.807) is 6.92 Å². The Morgan fingerprint density at radius 2 is 2.11 bits per heavy atom. The highest BCUT2D eigenvalue weighted by Crippen LogP contribution is 2.34. The summed E-state index contributed by atoms with van der Waals surface area (Å²) in [6.07, 6.45) is -2.87. The lowest BCUT2D eigenvalue weighted by molar-refractivity contribution is -0.134. The van der Waals surface area contributed by atoms with E-state index in [2.05, 4.69) is 15.5 Å². The zero-order valence-corrected chi connectivity index (χ0v) is 11.2. The van der Waals surface area contributed by atoms with E-state index in [0.29, 0.717) is 24.3 Å². The molecule has 0 aliphatic heterocycles. The Labute approximate surface area is 111 Å². The summed E-state index contributed by atoms with van der Waals surface area (Å²) in [6, 6.07) is 0. The number of nitrogens with one attached hydrogen (secondary N) is 1. The van der Waals surface area contributed by atoms with Crippen LogP contribution in [0.15, 0.2) is 10.7 Å². The lowest BCUT2D eigenvalue weighted by Crippen LogP contribution is -2.05. The van der Waals surface area contributed by atoms with Crippen molar-refractivity contribution in [1.29, 1.82) is 0 Å². The largest absolute Gasteiger partial charge is 0.427 e. The Morgan fingerprint density at radius 1 is 1.37 bits per heavy atom. The molecule has 0 saturated heterocycles. The van der Waals surface area contributed by atoms with Gasteiger partial charge in [-0.05, 0) is 20.3 Å². The highest BCUT2D eigenvalue weighted by Gasteiger charge is 2.33. The molecule has 0 fully saturated rings. The van der Waals surface area contributed by atoms with Gasteiger partial charge in [0, 0.05) is 12.1 Å². The molecule has 0 bridgehead atoms. The summed E-state index contributed by atoms with van der Waals surface area (Å²) in [5.41, 5.74) is 1.77. The van der Waals surface area contributed by atoms with Gasteiger partial charge in [0.2, 0.25) is 0 Å². The molecular weight excluding hydrogens is 279 g/mol. The van der Waals surface area contributed by atoms with Crippen LogP contribution in [0, 0.1) is 13.8 Å². The normalized spacial score (nSPS) is 11.8. The zero-order valence-electron chi connectivity index (χ0n) is 10.3. The minimum atomic E-state index is -4.33. The van der Waals surface area contributed by atoms with E-state index in [9.17, 15) is 13.2 Å². The highest BCUT2D eigenvalue weighted by atomic mass is 32.1. The molecule has 0 atom stereocenters. The van der Waals surface area contributed by atoms with Crippen LogP contribution in [0.1, 0.15) is 21.9 Å². The fraction of sp³-hybridized carbons (Fsp3) is 0.455. The molecule has 0 aromatic carbocycles. The van der Waals surface area contributed by atoms with Crippen molar-refractivity contribution >= 4 is 16.5 Å². The number of nitrogens with zero attached hydrogens (tertiary/aromatic N) is 2. The van der Waals surface area contributed by atoms with E-state index >= 15 is 0 Å². The van der Waals surface area contributed by atoms with Crippen molar-refractivity contribution in [3.05, 3.63) is 28.1 Å². The summed E-state index contributed by atoms with van der Waals surface area (Å²) in [7, 11) is 0. The number of hydrogen-bond acceptors (Lipinski definition) is 5. The lowest BCUT2D eigenvalue weighted by Gasteiger charge is -2.02. The molecule has 0 unspecified atom stereocenters. The van der Waals surface area contributed by atoms with Gasteiger partial charge in [-0.25, -0.2) is 4.98 Å². The van der Waals surface area contributed by atoms with Crippen LogP contribution in [-0.4, -0.2) is 16.7 Å². The van der Waals surface area contributed by atoms with Crippen LogP contribution in [-0.2, 0) is 12.6 Å². The van der Waals surface area contributed by atoms with Gasteiger partial charge in [0.15, 0.2) is 5.13 Å². The lowest BCUT2D eigenvalue weighted by atomic mass is 10.1. The predicted octanol–water partition coefficient (Wildman–Crippen LogP) is 3.42. The maximum atomic E-state index is 12.4. The Morgan fingerprint density at radius 3 is 2.63 bits per heavy atom. The van der Waals surface area contributed by atoms with E-state index in [1.807, 2.05) is 6.92 Å². The van der Waals surface area contributed by atoms with E-state index < -0.39 is 11.1 Å². The van der Waals surface area contributed by atoms with Crippen LogP contribution in [0.3, 0.4) is 0 Å². The predicted molar refractivity (Wildman–Crippen MR) is 65.3 cm³/mol. The second-order valence-corrected chi connectivity index (χ2v) is 5.04. The topological polar surface area (TPSA) is 51.0 Å². The minimum Gasteiger partial charge on any atom is -0.361 e. The van der Waals surface area contributed by atoms with Crippen molar-refractivity contribution in [2.24, 2.45) is 0 Å². The minimum absolute atomic E-state index is 0.263. The van der Waals surface area contributed by atoms with Crippen molar-refractivity contribution in [2.45, 2.75) is 26.4 Å². The third-order valence-electron chi connectivity index (χ3n) is 2.62. The maximum absolute atomic E-state index is 12.4. The molecule has 19 heavy (non-hydrogen) atoms.